The summed E-state index contributed by atoms with van der Waals surface area (Å²) in [5, 5.41) is 9.10. The minimum atomic E-state index is -0.903. The quantitative estimate of drug-likeness (QED) is 0.896. The largest absolute Gasteiger partial charge is 0.493 e. The van der Waals surface area contributed by atoms with Gasteiger partial charge in [-0.1, -0.05) is 0 Å². The lowest BCUT2D eigenvalue weighted by Crippen LogP contribution is -2.03. The Kier molecular flexibility index (Phi) is 2.83. The highest BCUT2D eigenvalue weighted by molar-refractivity contribution is 5.93. The van der Waals surface area contributed by atoms with E-state index in [2.05, 4.69) is 0 Å². The number of benzene rings is 1. The molecule has 0 amide bonds. The van der Waals surface area contributed by atoms with Crippen LogP contribution in [0.15, 0.2) is 46.6 Å². The SMILES string of the molecule is O=C(O)C1=Cc2cc(-c3ccco3)ccc2OCC1. The van der Waals surface area contributed by atoms with Crippen LogP contribution in [0.3, 0.4) is 0 Å². The maximum absolute atomic E-state index is 11.1. The molecule has 1 N–H and O–H groups in total. The molecule has 1 aliphatic rings. The normalized spacial score (nSPS) is 14.0. The number of carboxylic acid groups (broad SMARTS) is 1. The topological polar surface area (TPSA) is 59.7 Å². The third-order valence-corrected chi connectivity index (χ3v) is 3.05. The molecule has 1 aromatic carbocycles. The lowest BCUT2D eigenvalue weighted by atomic mass is 10.0. The highest BCUT2D eigenvalue weighted by Gasteiger charge is 2.15. The van der Waals surface area contributed by atoms with E-state index in [0.29, 0.717) is 24.4 Å². The van der Waals surface area contributed by atoms with Gasteiger partial charge in [0, 0.05) is 23.1 Å². The third-order valence-electron chi connectivity index (χ3n) is 3.05. The fourth-order valence-electron chi connectivity index (χ4n) is 2.09. The van der Waals surface area contributed by atoms with Crippen LogP contribution in [0.2, 0.25) is 0 Å². The summed E-state index contributed by atoms with van der Waals surface area (Å²) >= 11 is 0. The Morgan fingerprint density at radius 2 is 2.16 bits per heavy atom. The van der Waals surface area contributed by atoms with E-state index in [0.717, 1.165) is 16.9 Å². The molecule has 0 spiro atoms. The van der Waals surface area contributed by atoms with E-state index < -0.39 is 5.97 Å². The van der Waals surface area contributed by atoms with Gasteiger partial charge < -0.3 is 14.3 Å². The van der Waals surface area contributed by atoms with Gasteiger partial charge in [0.2, 0.25) is 0 Å². The molecule has 1 aromatic heterocycles. The van der Waals surface area contributed by atoms with E-state index in [1.807, 2.05) is 30.3 Å². The van der Waals surface area contributed by atoms with Crippen LogP contribution in [0.1, 0.15) is 12.0 Å². The number of aliphatic carboxylic acids is 1. The van der Waals surface area contributed by atoms with Gasteiger partial charge in [-0.25, -0.2) is 4.79 Å². The van der Waals surface area contributed by atoms with E-state index >= 15 is 0 Å². The molecule has 0 saturated carbocycles. The lowest BCUT2D eigenvalue weighted by molar-refractivity contribution is -0.132. The molecule has 0 aliphatic carbocycles. The summed E-state index contributed by atoms with van der Waals surface area (Å²) in [4.78, 5) is 11.1. The minimum absolute atomic E-state index is 0.357. The molecule has 19 heavy (non-hydrogen) atoms. The molecular weight excluding hydrogens is 244 g/mol. The summed E-state index contributed by atoms with van der Waals surface area (Å²) in [7, 11) is 0. The van der Waals surface area contributed by atoms with Crippen molar-refractivity contribution >= 4 is 12.0 Å². The predicted molar refractivity (Wildman–Crippen MR) is 69.9 cm³/mol. The summed E-state index contributed by atoms with van der Waals surface area (Å²) in [6, 6.07) is 9.30. The molecule has 4 nitrogen and oxygen atoms in total. The first-order valence-electron chi connectivity index (χ1n) is 5.98. The van der Waals surface area contributed by atoms with E-state index in [4.69, 9.17) is 14.3 Å². The minimum Gasteiger partial charge on any atom is -0.493 e. The molecule has 0 unspecified atom stereocenters. The van der Waals surface area contributed by atoms with Crippen LogP contribution in [0.5, 0.6) is 5.75 Å². The fourth-order valence-corrected chi connectivity index (χ4v) is 2.09. The number of carboxylic acids is 1. The first-order chi connectivity index (χ1) is 9.24. The number of fused-ring (bicyclic) bond motifs is 1. The van der Waals surface area contributed by atoms with Crippen molar-refractivity contribution in [2.75, 3.05) is 6.61 Å². The number of carbonyl (C=O) groups is 1. The Balaban J connectivity index is 2.08. The average molecular weight is 256 g/mol. The van der Waals surface area contributed by atoms with Crippen LogP contribution in [-0.2, 0) is 4.79 Å². The Morgan fingerprint density at radius 1 is 1.26 bits per heavy atom. The highest BCUT2D eigenvalue weighted by atomic mass is 16.5. The summed E-state index contributed by atoms with van der Waals surface area (Å²) in [5.41, 5.74) is 2.02. The van der Waals surface area contributed by atoms with Crippen LogP contribution in [-0.4, -0.2) is 17.7 Å². The molecule has 0 saturated heterocycles. The Bertz CT molecular complexity index is 638. The zero-order chi connectivity index (χ0) is 13.2. The monoisotopic (exact) mass is 256 g/mol. The molecule has 1 aliphatic heterocycles. The second-order valence-electron chi connectivity index (χ2n) is 4.30. The van der Waals surface area contributed by atoms with Crippen LogP contribution in [0.4, 0.5) is 0 Å². The highest BCUT2D eigenvalue weighted by Crippen LogP contribution is 2.31. The molecule has 3 rings (SSSR count). The summed E-state index contributed by atoms with van der Waals surface area (Å²) in [6.07, 6.45) is 3.67. The number of furan rings is 1. The number of rotatable bonds is 2. The van der Waals surface area contributed by atoms with Crippen molar-refractivity contribution in [3.05, 3.63) is 47.7 Å². The molecule has 0 atom stereocenters. The van der Waals surface area contributed by atoms with Crippen molar-refractivity contribution in [3.8, 4) is 17.1 Å². The smallest absolute Gasteiger partial charge is 0.331 e. The summed E-state index contributed by atoms with van der Waals surface area (Å²) < 4.78 is 10.9. The van der Waals surface area contributed by atoms with Gasteiger partial charge in [0.05, 0.1) is 12.9 Å². The molecular formula is C15H12O4. The van der Waals surface area contributed by atoms with Gasteiger partial charge in [-0.15, -0.1) is 0 Å². The van der Waals surface area contributed by atoms with Crippen molar-refractivity contribution in [3.63, 3.8) is 0 Å². The fraction of sp³-hybridized carbons (Fsp3) is 0.133. The maximum atomic E-state index is 11.1. The van der Waals surface area contributed by atoms with E-state index in [9.17, 15) is 4.79 Å². The lowest BCUT2D eigenvalue weighted by Gasteiger charge is -2.07. The average Bonchev–Trinajstić information content (AvgIpc) is 2.84. The van der Waals surface area contributed by atoms with Gasteiger partial charge in [0.1, 0.15) is 11.5 Å². The van der Waals surface area contributed by atoms with Gasteiger partial charge in [-0.2, -0.15) is 0 Å². The zero-order valence-electron chi connectivity index (χ0n) is 10.1. The zero-order valence-corrected chi connectivity index (χ0v) is 10.1. The molecule has 0 radical (unpaired) electrons. The Morgan fingerprint density at radius 3 is 2.89 bits per heavy atom. The second kappa shape index (κ2) is 4.65. The molecule has 2 heterocycles. The second-order valence-corrected chi connectivity index (χ2v) is 4.30. The molecule has 0 fully saturated rings. The van der Waals surface area contributed by atoms with Crippen molar-refractivity contribution in [2.45, 2.75) is 6.42 Å². The molecule has 2 aromatic rings. The van der Waals surface area contributed by atoms with Crippen LogP contribution in [0.25, 0.3) is 17.4 Å². The van der Waals surface area contributed by atoms with E-state index in [1.54, 1.807) is 12.3 Å². The predicted octanol–water partition coefficient (Wildman–Crippen LogP) is 3.20. The molecule has 4 heteroatoms. The van der Waals surface area contributed by atoms with Crippen molar-refractivity contribution in [1.29, 1.82) is 0 Å². The van der Waals surface area contributed by atoms with Crippen LogP contribution in [0, 0.1) is 0 Å². The van der Waals surface area contributed by atoms with Crippen LogP contribution < -0.4 is 4.74 Å². The first-order valence-corrected chi connectivity index (χ1v) is 5.98. The Labute approximate surface area is 109 Å². The summed E-state index contributed by atoms with van der Waals surface area (Å²) in [5.74, 6) is 0.545. The summed E-state index contributed by atoms with van der Waals surface area (Å²) in [6.45, 7) is 0.380. The van der Waals surface area contributed by atoms with Crippen molar-refractivity contribution in [1.82, 2.24) is 0 Å². The van der Waals surface area contributed by atoms with Gasteiger partial charge in [0.25, 0.3) is 0 Å². The van der Waals surface area contributed by atoms with Crippen molar-refractivity contribution in [2.24, 2.45) is 0 Å². The molecule has 0 bridgehead atoms. The third kappa shape index (κ3) is 2.25. The first kappa shape index (κ1) is 11.6. The van der Waals surface area contributed by atoms with Crippen LogP contribution >= 0.6 is 0 Å². The number of ether oxygens (including phenoxy) is 1. The Hall–Kier alpha value is -2.49. The van der Waals surface area contributed by atoms with E-state index in [-0.39, 0.29) is 0 Å². The number of hydrogen-bond acceptors (Lipinski definition) is 3. The van der Waals surface area contributed by atoms with Gasteiger partial charge >= 0.3 is 5.97 Å². The standard InChI is InChI=1S/C15H12O4/c16-15(17)11-5-7-19-14-4-3-10(8-12(14)9-11)13-2-1-6-18-13/h1-4,6,8-9H,5,7H2,(H,16,17). The molecule has 96 valence electrons. The van der Waals surface area contributed by atoms with Gasteiger partial charge in [-0.3, -0.25) is 0 Å². The van der Waals surface area contributed by atoms with Crippen molar-refractivity contribution < 1.29 is 19.1 Å². The maximum Gasteiger partial charge on any atom is 0.331 e. The van der Waals surface area contributed by atoms with Gasteiger partial charge in [0.15, 0.2) is 0 Å². The number of hydrogen-bond donors (Lipinski definition) is 1. The van der Waals surface area contributed by atoms with Gasteiger partial charge in [-0.05, 0) is 36.4 Å². The van der Waals surface area contributed by atoms with E-state index in [1.165, 1.54) is 0 Å².